The van der Waals surface area contributed by atoms with Crippen molar-refractivity contribution in [2.24, 2.45) is 0 Å². The second kappa shape index (κ2) is 6.04. The van der Waals surface area contributed by atoms with Crippen LogP contribution in [0, 0.1) is 5.82 Å². The summed E-state index contributed by atoms with van der Waals surface area (Å²) in [6.07, 6.45) is 2.50. The van der Waals surface area contributed by atoms with Crippen molar-refractivity contribution in [1.82, 2.24) is 10.2 Å². The van der Waals surface area contributed by atoms with Gasteiger partial charge in [-0.2, -0.15) is 0 Å². The first-order valence-corrected chi connectivity index (χ1v) is 6.47. The van der Waals surface area contributed by atoms with Crippen LogP contribution < -0.4 is 11.1 Å². The molecule has 1 aliphatic heterocycles. The Balaban J connectivity index is 2.32. The number of halogens is 1. The number of phenols is 1. The van der Waals surface area contributed by atoms with Gasteiger partial charge in [0.15, 0.2) is 0 Å². The minimum atomic E-state index is -0.584. The maximum absolute atomic E-state index is 13.3. The number of rotatable bonds is 4. The van der Waals surface area contributed by atoms with Gasteiger partial charge in [0.05, 0.1) is 0 Å². The van der Waals surface area contributed by atoms with Gasteiger partial charge < -0.3 is 16.2 Å². The molecule has 1 atom stereocenters. The number of phenolic OH excluding ortho intramolecular Hbond substituents is 1. The van der Waals surface area contributed by atoms with E-state index in [2.05, 4.69) is 16.8 Å². The molecule has 1 saturated heterocycles. The lowest BCUT2D eigenvalue weighted by Gasteiger charge is -2.35. The van der Waals surface area contributed by atoms with Crippen LogP contribution in [0.1, 0.15) is 18.0 Å². The van der Waals surface area contributed by atoms with E-state index in [4.69, 9.17) is 5.73 Å². The smallest absolute Gasteiger partial charge is 0.149 e. The van der Waals surface area contributed by atoms with Gasteiger partial charge in [-0.1, -0.05) is 12.1 Å². The molecule has 104 valence electrons. The topological polar surface area (TPSA) is 61.5 Å². The van der Waals surface area contributed by atoms with Crippen LogP contribution in [0.3, 0.4) is 0 Å². The molecule has 5 heteroatoms. The highest BCUT2D eigenvalue weighted by Crippen LogP contribution is 2.36. The average molecular weight is 265 g/mol. The minimum Gasteiger partial charge on any atom is -0.505 e. The lowest BCUT2D eigenvalue weighted by Crippen LogP contribution is -2.45. The molecule has 2 rings (SSSR count). The van der Waals surface area contributed by atoms with Crippen LogP contribution in [-0.4, -0.2) is 36.2 Å². The van der Waals surface area contributed by atoms with Crippen LogP contribution in [-0.2, 0) is 0 Å². The Hall–Kier alpha value is -1.59. The van der Waals surface area contributed by atoms with Crippen molar-refractivity contribution >= 4 is 5.69 Å². The van der Waals surface area contributed by atoms with E-state index < -0.39 is 5.82 Å². The quantitative estimate of drug-likeness (QED) is 0.440. The number of hydrogen-bond acceptors (Lipinski definition) is 4. The Morgan fingerprint density at radius 1 is 1.47 bits per heavy atom. The highest BCUT2D eigenvalue weighted by Gasteiger charge is 2.24. The fourth-order valence-electron chi connectivity index (χ4n) is 2.49. The number of nitrogens with zero attached hydrogens (tertiary/aromatic N) is 1. The number of anilines is 1. The van der Waals surface area contributed by atoms with Gasteiger partial charge in [0.1, 0.15) is 17.3 Å². The van der Waals surface area contributed by atoms with E-state index in [0.717, 1.165) is 26.2 Å². The van der Waals surface area contributed by atoms with Crippen LogP contribution >= 0.6 is 0 Å². The molecule has 1 heterocycles. The number of hydrogen-bond donors (Lipinski definition) is 3. The molecule has 0 bridgehead atoms. The Morgan fingerprint density at radius 2 is 2.16 bits per heavy atom. The molecule has 1 aromatic rings. The standard InChI is InChI=1S/C14H20FN3O/c1-2-3-12(18-8-6-17-7-9-18)10-4-5-11(15)13(16)14(10)19/h2,4-5,12,17,19H,1,3,6-9,16H2/t12-/m1/s1. The molecule has 1 aromatic carbocycles. The molecule has 4 N–H and O–H groups in total. The largest absolute Gasteiger partial charge is 0.505 e. The van der Waals surface area contributed by atoms with Crippen molar-refractivity contribution in [3.63, 3.8) is 0 Å². The SMILES string of the molecule is C=CC[C@H](c1ccc(F)c(N)c1O)N1CCNCC1. The summed E-state index contributed by atoms with van der Waals surface area (Å²) in [6, 6.07) is 2.90. The zero-order chi connectivity index (χ0) is 13.8. The highest BCUT2D eigenvalue weighted by molar-refractivity contribution is 5.57. The lowest BCUT2D eigenvalue weighted by atomic mass is 9.99. The van der Waals surface area contributed by atoms with E-state index in [0.29, 0.717) is 12.0 Å². The Bertz CT molecular complexity index is 458. The van der Waals surface area contributed by atoms with Crippen molar-refractivity contribution in [2.45, 2.75) is 12.5 Å². The maximum atomic E-state index is 13.3. The van der Waals surface area contributed by atoms with E-state index in [1.54, 1.807) is 6.07 Å². The predicted molar refractivity (Wildman–Crippen MR) is 74.5 cm³/mol. The summed E-state index contributed by atoms with van der Waals surface area (Å²) in [5.41, 5.74) is 6.05. The highest BCUT2D eigenvalue weighted by atomic mass is 19.1. The molecule has 1 fully saturated rings. The van der Waals surface area contributed by atoms with Crippen LogP contribution in [0.2, 0.25) is 0 Å². The van der Waals surface area contributed by atoms with E-state index in [9.17, 15) is 9.50 Å². The van der Waals surface area contributed by atoms with Crippen molar-refractivity contribution in [3.05, 3.63) is 36.2 Å². The second-order valence-electron chi connectivity index (χ2n) is 4.73. The zero-order valence-corrected chi connectivity index (χ0v) is 10.9. The van der Waals surface area contributed by atoms with Crippen LogP contribution in [0.4, 0.5) is 10.1 Å². The van der Waals surface area contributed by atoms with Gasteiger partial charge in [-0.05, 0) is 12.5 Å². The molecule has 19 heavy (non-hydrogen) atoms. The number of nitrogen functional groups attached to an aromatic ring is 1. The molecule has 4 nitrogen and oxygen atoms in total. The third kappa shape index (κ3) is 2.88. The Labute approximate surface area is 112 Å². The summed E-state index contributed by atoms with van der Waals surface area (Å²) in [5, 5.41) is 13.3. The molecule has 0 amide bonds. The Morgan fingerprint density at radius 3 is 2.79 bits per heavy atom. The van der Waals surface area contributed by atoms with Gasteiger partial charge in [0, 0.05) is 37.8 Å². The van der Waals surface area contributed by atoms with Gasteiger partial charge in [-0.15, -0.1) is 6.58 Å². The zero-order valence-electron chi connectivity index (χ0n) is 10.9. The molecule has 0 radical (unpaired) electrons. The van der Waals surface area contributed by atoms with Gasteiger partial charge in [-0.25, -0.2) is 4.39 Å². The minimum absolute atomic E-state index is 0.0116. The first-order chi connectivity index (χ1) is 9.15. The van der Waals surface area contributed by atoms with Crippen LogP contribution in [0.25, 0.3) is 0 Å². The normalized spacial score (nSPS) is 18.2. The number of nitrogens with one attached hydrogen (secondary N) is 1. The lowest BCUT2D eigenvalue weighted by molar-refractivity contribution is 0.172. The summed E-state index contributed by atoms with van der Waals surface area (Å²) in [6.45, 7) is 7.35. The van der Waals surface area contributed by atoms with Crippen molar-refractivity contribution in [3.8, 4) is 5.75 Å². The maximum Gasteiger partial charge on any atom is 0.149 e. The number of benzene rings is 1. The van der Waals surface area contributed by atoms with E-state index in [1.807, 2.05) is 6.08 Å². The van der Waals surface area contributed by atoms with E-state index in [1.165, 1.54) is 6.07 Å². The molecule has 0 saturated carbocycles. The van der Waals surface area contributed by atoms with Gasteiger partial charge >= 0.3 is 0 Å². The first-order valence-electron chi connectivity index (χ1n) is 6.47. The van der Waals surface area contributed by atoms with E-state index >= 15 is 0 Å². The van der Waals surface area contributed by atoms with Gasteiger partial charge in [-0.3, -0.25) is 4.90 Å². The van der Waals surface area contributed by atoms with Crippen molar-refractivity contribution < 1.29 is 9.50 Å². The molecule has 0 unspecified atom stereocenters. The predicted octanol–water partition coefficient (Wildman–Crippen LogP) is 1.64. The second-order valence-corrected chi connectivity index (χ2v) is 4.73. The summed E-state index contributed by atoms with van der Waals surface area (Å²) in [5.74, 6) is -0.732. The number of nitrogens with two attached hydrogens (primary N) is 1. The molecule has 0 aliphatic carbocycles. The summed E-state index contributed by atoms with van der Waals surface area (Å²) in [4.78, 5) is 2.25. The van der Waals surface area contributed by atoms with Gasteiger partial charge in [0.2, 0.25) is 0 Å². The van der Waals surface area contributed by atoms with E-state index in [-0.39, 0.29) is 17.5 Å². The number of piperazine rings is 1. The summed E-state index contributed by atoms with van der Waals surface area (Å²) >= 11 is 0. The first kappa shape index (κ1) is 13.8. The van der Waals surface area contributed by atoms with Crippen molar-refractivity contribution in [2.75, 3.05) is 31.9 Å². The third-order valence-corrected chi connectivity index (χ3v) is 3.54. The average Bonchev–Trinajstić information content (AvgIpc) is 2.44. The third-order valence-electron chi connectivity index (χ3n) is 3.54. The molecule has 1 aliphatic rings. The molecular formula is C14H20FN3O. The van der Waals surface area contributed by atoms with Gasteiger partial charge in [0.25, 0.3) is 0 Å². The number of aromatic hydroxyl groups is 1. The molecular weight excluding hydrogens is 245 g/mol. The summed E-state index contributed by atoms with van der Waals surface area (Å²) < 4.78 is 13.3. The van der Waals surface area contributed by atoms with Crippen molar-refractivity contribution in [1.29, 1.82) is 0 Å². The fourth-order valence-corrected chi connectivity index (χ4v) is 2.49. The Kier molecular flexibility index (Phi) is 4.39. The molecule has 0 aromatic heterocycles. The molecule has 0 spiro atoms. The monoisotopic (exact) mass is 265 g/mol. The van der Waals surface area contributed by atoms with Crippen LogP contribution in [0.15, 0.2) is 24.8 Å². The summed E-state index contributed by atoms with van der Waals surface area (Å²) in [7, 11) is 0. The fraction of sp³-hybridized carbons (Fsp3) is 0.429. The van der Waals surface area contributed by atoms with Crippen LogP contribution in [0.5, 0.6) is 5.75 Å².